The molecule has 2 aromatic carbocycles. The van der Waals surface area contributed by atoms with Crippen molar-refractivity contribution in [1.82, 2.24) is 4.57 Å². The molecule has 0 amide bonds. The van der Waals surface area contributed by atoms with Crippen molar-refractivity contribution < 1.29 is 34.3 Å². The van der Waals surface area contributed by atoms with Gasteiger partial charge < -0.3 is 24.8 Å². The first kappa shape index (κ1) is 32.9. The fourth-order valence-corrected chi connectivity index (χ4v) is 5.92. The number of halogens is 2. The van der Waals surface area contributed by atoms with Gasteiger partial charge in [-0.15, -0.1) is 0 Å². The third-order valence-electron chi connectivity index (χ3n) is 7.97. The van der Waals surface area contributed by atoms with E-state index in [4.69, 9.17) is 0 Å². The van der Waals surface area contributed by atoms with Crippen LogP contribution in [0.25, 0.3) is 0 Å². The SMILES string of the molecule is CC1=C(Cn2cc[n+](C)c2)N(c2c(C(C)C)cccc2C(C)C)C[NH+]1c1c(C(C)C)cccc1C(C)C.[Cl-].[Cl-]. The van der Waals surface area contributed by atoms with Crippen LogP contribution >= 0.6 is 0 Å². The predicted octanol–water partition coefficient (Wildman–Crippen LogP) is 0.740. The van der Waals surface area contributed by atoms with E-state index in [9.17, 15) is 0 Å². The highest BCUT2D eigenvalue weighted by Crippen LogP contribution is 2.39. The number of imidazole rings is 1. The second-order valence-corrected chi connectivity index (χ2v) is 12.1. The number of quaternary nitrogens is 1. The molecule has 4 rings (SSSR count). The van der Waals surface area contributed by atoms with Crippen LogP contribution in [-0.2, 0) is 13.6 Å². The van der Waals surface area contributed by atoms with Gasteiger partial charge in [0.25, 0.3) is 0 Å². The van der Waals surface area contributed by atoms with E-state index in [-0.39, 0.29) is 24.8 Å². The highest BCUT2D eigenvalue weighted by molar-refractivity contribution is 5.66. The molecule has 1 atom stereocenters. The largest absolute Gasteiger partial charge is 1.00 e. The molecule has 214 valence electrons. The van der Waals surface area contributed by atoms with Crippen molar-refractivity contribution in [3.63, 3.8) is 0 Å². The summed E-state index contributed by atoms with van der Waals surface area (Å²) in [6.07, 6.45) is 6.51. The lowest BCUT2D eigenvalue weighted by Gasteiger charge is -2.29. The van der Waals surface area contributed by atoms with E-state index < -0.39 is 0 Å². The molecule has 6 heteroatoms. The molecule has 1 N–H and O–H groups in total. The summed E-state index contributed by atoms with van der Waals surface area (Å²) in [5.74, 6) is 1.86. The van der Waals surface area contributed by atoms with Crippen molar-refractivity contribution in [2.75, 3.05) is 11.6 Å². The first-order chi connectivity index (χ1) is 17.5. The third kappa shape index (κ3) is 6.56. The number of nitrogens with one attached hydrogen (secondary N) is 1. The molecule has 4 nitrogen and oxygen atoms in total. The summed E-state index contributed by atoms with van der Waals surface area (Å²) >= 11 is 0. The van der Waals surface area contributed by atoms with Crippen LogP contribution < -0.4 is 39.2 Å². The van der Waals surface area contributed by atoms with E-state index in [2.05, 4.69) is 139 Å². The summed E-state index contributed by atoms with van der Waals surface area (Å²) in [5, 5.41) is 0. The van der Waals surface area contributed by atoms with Gasteiger partial charge in [-0.1, -0.05) is 91.8 Å². The summed E-state index contributed by atoms with van der Waals surface area (Å²) in [6.45, 7) is 22.8. The van der Waals surface area contributed by atoms with E-state index in [0.717, 1.165) is 13.2 Å². The van der Waals surface area contributed by atoms with Crippen molar-refractivity contribution in [3.8, 4) is 0 Å². The lowest BCUT2D eigenvalue weighted by atomic mass is 9.91. The molecule has 1 aromatic heterocycles. The molecule has 0 saturated heterocycles. The van der Waals surface area contributed by atoms with Crippen LogP contribution in [0.1, 0.15) is 108 Å². The van der Waals surface area contributed by atoms with E-state index in [1.54, 1.807) is 0 Å². The number of benzene rings is 2. The molecule has 1 unspecified atom stereocenters. The number of aryl methyl sites for hydroxylation is 1. The number of nitrogens with zero attached hydrogens (tertiary/aromatic N) is 3. The predicted molar refractivity (Wildman–Crippen MR) is 156 cm³/mol. The molecule has 0 aliphatic carbocycles. The topological polar surface area (TPSA) is 16.5 Å². The van der Waals surface area contributed by atoms with Gasteiger partial charge in [0, 0.05) is 18.1 Å². The van der Waals surface area contributed by atoms with Crippen LogP contribution in [0.5, 0.6) is 0 Å². The zero-order valence-corrected chi connectivity index (χ0v) is 27.0. The second kappa shape index (κ2) is 13.4. The molecule has 3 aromatic rings. The Morgan fingerprint density at radius 3 is 1.64 bits per heavy atom. The average Bonchev–Trinajstić information content (AvgIpc) is 3.40. The number of anilines is 1. The van der Waals surface area contributed by atoms with Crippen LogP contribution in [0.4, 0.5) is 11.4 Å². The Balaban J connectivity index is 0.00000267. The third-order valence-corrected chi connectivity index (χ3v) is 7.97. The number of hydrogen-bond acceptors (Lipinski definition) is 1. The van der Waals surface area contributed by atoms with Crippen LogP contribution in [0.3, 0.4) is 0 Å². The summed E-state index contributed by atoms with van der Waals surface area (Å²) in [5.41, 5.74) is 11.6. The lowest BCUT2D eigenvalue weighted by molar-refractivity contribution is -0.783. The van der Waals surface area contributed by atoms with E-state index >= 15 is 0 Å². The smallest absolute Gasteiger partial charge is 0.243 e. The minimum atomic E-state index is 0. The normalized spacial score (nSPS) is 15.5. The van der Waals surface area contributed by atoms with Crippen LogP contribution in [0, 0.1) is 0 Å². The summed E-state index contributed by atoms with van der Waals surface area (Å²) in [7, 11) is 2.10. The molecular weight excluding hydrogens is 523 g/mol. The Morgan fingerprint density at radius 2 is 1.23 bits per heavy atom. The molecule has 0 bridgehead atoms. The monoisotopic (exact) mass is 570 g/mol. The molecular formula is C33H48Cl2N4. The molecule has 0 saturated carbocycles. The Hall–Kier alpha value is -2.27. The van der Waals surface area contributed by atoms with E-state index in [1.165, 1.54) is 49.9 Å². The first-order valence-electron chi connectivity index (χ1n) is 14.1. The highest BCUT2D eigenvalue weighted by atomic mass is 35.5. The summed E-state index contributed by atoms with van der Waals surface area (Å²) < 4.78 is 4.45. The van der Waals surface area contributed by atoms with Gasteiger partial charge in [-0.25, -0.2) is 9.13 Å². The van der Waals surface area contributed by atoms with E-state index in [1.807, 2.05) is 0 Å². The zero-order chi connectivity index (χ0) is 27.0. The van der Waals surface area contributed by atoms with Crippen molar-refractivity contribution in [2.45, 2.75) is 92.5 Å². The standard InChI is InChI=1S/C33H47N4.2ClH/c1-22(2)27-13-11-14-28(23(3)4)32(27)36-21-37(31(26(36)9)19-35-18-17-34(10)20-35)33-29(24(5)6)15-12-16-30(33)25(7)8;;/h11-18,20,22-25H,19,21H2,1-10H3;2*1H/q+1;;/p-1. The Labute approximate surface area is 249 Å². The van der Waals surface area contributed by atoms with Crippen LogP contribution in [-0.4, -0.2) is 11.2 Å². The molecule has 0 spiro atoms. The summed E-state index contributed by atoms with van der Waals surface area (Å²) in [6, 6.07) is 13.9. The molecule has 39 heavy (non-hydrogen) atoms. The molecule has 0 fully saturated rings. The van der Waals surface area contributed by atoms with Crippen molar-refractivity contribution in [3.05, 3.63) is 88.8 Å². The van der Waals surface area contributed by atoms with E-state index in [0.29, 0.717) is 23.7 Å². The minimum Gasteiger partial charge on any atom is -1.00 e. The second-order valence-electron chi connectivity index (χ2n) is 12.1. The highest BCUT2D eigenvalue weighted by Gasteiger charge is 2.39. The van der Waals surface area contributed by atoms with Crippen molar-refractivity contribution >= 4 is 11.4 Å². The van der Waals surface area contributed by atoms with Gasteiger partial charge in [0.05, 0.1) is 12.7 Å². The van der Waals surface area contributed by atoms with Gasteiger partial charge in [0.2, 0.25) is 6.33 Å². The van der Waals surface area contributed by atoms with Gasteiger partial charge >= 0.3 is 0 Å². The quantitative estimate of drug-likeness (QED) is 0.395. The van der Waals surface area contributed by atoms with Gasteiger partial charge in [0.1, 0.15) is 36.0 Å². The fraction of sp³-hybridized carbons (Fsp3) is 0.485. The van der Waals surface area contributed by atoms with Gasteiger partial charge in [-0.05, 0) is 34.8 Å². The number of allylic oxidation sites excluding steroid dienone is 2. The Kier molecular flexibility index (Phi) is 11.3. The van der Waals surface area contributed by atoms with Crippen molar-refractivity contribution in [1.29, 1.82) is 0 Å². The maximum atomic E-state index is 2.66. The number of hydrogen-bond donors (Lipinski definition) is 1. The molecule has 0 radical (unpaired) electrons. The van der Waals surface area contributed by atoms with Crippen LogP contribution in [0.15, 0.2) is 66.5 Å². The molecule has 1 aliphatic rings. The molecule has 1 aliphatic heterocycles. The first-order valence-corrected chi connectivity index (χ1v) is 14.1. The van der Waals surface area contributed by atoms with Crippen LogP contribution in [0.2, 0.25) is 0 Å². The van der Waals surface area contributed by atoms with Gasteiger partial charge in [-0.3, -0.25) is 9.80 Å². The number of para-hydroxylation sites is 2. The minimum absolute atomic E-state index is 0. The zero-order valence-electron chi connectivity index (χ0n) is 25.5. The maximum absolute atomic E-state index is 2.66. The fourth-order valence-electron chi connectivity index (χ4n) is 5.92. The Bertz CT molecular complexity index is 1230. The number of aromatic nitrogens is 2. The number of rotatable bonds is 8. The van der Waals surface area contributed by atoms with Gasteiger partial charge in [0.15, 0.2) is 6.67 Å². The average molecular weight is 572 g/mol. The Morgan fingerprint density at radius 1 is 0.769 bits per heavy atom. The summed E-state index contributed by atoms with van der Waals surface area (Å²) in [4.78, 5) is 4.16. The molecule has 2 heterocycles. The van der Waals surface area contributed by atoms with Crippen molar-refractivity contribution in [2.24, 2.45) is 7.05 Å². The van der Waals surface area contributed by atoms with Gasteiger partial charge in [-0.2, -0.15) is 0 Å². The maximum Gasteiger partial charge on any atom is 0.243 e. The lowest BCUT2D eigenvalue weighted by Crippen LogP contribution is -3.05.